The number of fused-ring (bicyclic) bond motifs is 3. The van der Waals surface area contributed by atoms with E-state index < -0.39 is 5.82 Å². The van der Waals surface area contributed by atoms with Gasteiger partial charge >= 0.3 is 0 Å². The van der Waals surface area contributed by atoms with Gasteiger partial charge < -0.3 is 4.57 Å². The summed E-state index contributed by atoms with van der Waals surface area (Å²) < 4.78 is 17.5. The quantitative estimate of drug-likeness (QED) is 0.489. The highest BCUT2D eigenvalue weighted by atomic mass is 32.1. The molecule has 0 aliphatic rings. The first-order chi connectivity index (χ1) is 13.1. The summed E-state index contributed by atoms with van der Waals surface area (Å²) in [5.41, 5.74) is 2.10. The number of thiazole rings is 1. The minimum atomic E-state index is -0.498. The zero-order chi connectivity index (χ0) is 18.5. The fourth-order valence-corrected chi connectivity index (χ4v) is 4.25. The summed E-state index contributed by atoms with van der Waals surface area (Å²) >= 11 is 1.52. The van der Waals surface area contributed by atoms with Crippen molar-refractivity contribution in [2.45, 2.75) is 13.0 Å². The molecule has 0 fully saturated rings. The molecule has 0 spiro atoms. The number of halogens is 1. The molecule has 27 heavy (non-hydrogen) atoms. The summed E-state index contributed by atoms with van der Waals surface area (Å²) in [5.74, 6) is -0.498. The van der Waals surface area contributed by atoms with Gasteiger partial charge in [-0.3, -0.25) is 15.0 Å². The maximum absolute atomic E-state index is 13.6. The van der Waals surface area contributed by atoms with Crippen LogP contribution in [0, 0.1) is 5.82 Å². The Hall–Kier alpha value is -3.34. The zero-order valence-corrected chi connectivity index (χ0v) is 14.9. The molecule has 0 saturated carbocycles. The van der Waals surface area contributed by atoms with Crippen molar-refractivity contribution in [3.05, 3.63) is 57.2 Å². The molecule has 2 N–H and O–H groups in total. The van der Waals surface area contributed by atoms with Crippen LogP contribution in [0.3, 0.4) is 0 Å². The minimum absolute atomic E-state index is 0.0159. The first-order valence-corrected chi connectivity index (χ1v) is 8.93. The first-order valence-electron chi connectivity index (χ1n) is 8.11. The van der Waals surface area contributed by atoms with Gasteiger partial charge in [-0.1, -0.05) is 0 Å². The summed E-state index contributed by atoms with van der Waals surface area (Å²) in [6.45, 7) is -0.0159. The van der Waals surface area contributed by atoms with Crippen molar-refractivity contribution >= 4 is 32.6 Å². The maximum Gasteiger partial charge on any atom is 0.291 e. The molecule has 5 aromatic heterocycles. The van der Waals surface area contributed by atoms with Crippen LogP contribution < -0.4 is 5.56 Å². The molecule has 0 unspecified atom stereocenters. The number of rotatable bonds is 4. The number of nitrogens with zero attached hydrogens (tertiary/aromatic N) is 6. The van der Waals surface area contributed by atoms with Crippen LogP contribution in [0.25, 0.3) is 21.3 Å². The second-order valence-electron chi connectivity index (χ2n) is 6.14. The van der Waals surface area contributed by atoms with E-state index in [0.29, 0.717) is 11.9 Å². The summed E-state index contributed by atoms with van der Waals surface area (Å²) in [6.07, 6.45) is 5.05. The molecule has 5 rings (SSSR count). The van der Waals surface area contributed by atoms with Crippen molar-refractivity contribution in [2.24, 2.45) is 7.05 Å². The topological polar surface area (TPSA) is 110 Å². The molecule has 0 saturated heterocycles. The van der Waals surface area contributed by atoms with Crippen LogP contribution in [0.2, 0.25) is 0 Å². The van der Waals surface area contributed by atoms with Crippen LogP contribution in [0.4, 0.5) is 4.39 Å². The largest absolute Gasteiger partial charge is 0.323 e. The Morgan fingerprint density at radius 3 is 2.89 bits per heavy atom. The lowest BCUT2D eigenvalue weighted by Gasteiger charge is -2.04. The molecule has 5 heterocycles. The molecule has 0 atom stereocenters. The average Bonchev–Trinajstić information content (AvgIpc) is 3.41. The predicted octanol–water partition coefficient (Wildman–Crippen LogP) is 1.57. The summed E-state index contributed by atoms with van der Waals surface area (Å²) in [5, 5.41) is 18.9. The Kier molecular flexibility index (Phi) is 3.44. The zero-order valence-electron chi connectivity index (χ0n) is 14.1. The smallest absolute Gasteiger partial charge is 0.291 e. The van der Waals surface area contributed by atoms with Gasteiger partial charge in [-0.25, -0.2) is 14.1 Å². The first kappa shape index (κ1) is 15.9. The Morgan fingerprint density at radius 1 is 1.26 bits per heavy atom. The van der Waals surface area contributed by atoms with E-state index in [9.17, 15) is 9.18 Å². The maximum atomic E-state index is 13.6. The molecule has 0 aliphatic heterocycles. The number of aryl methyl sites for hydroxylation is 1. The predicted molar refractivity (Wildman–Crippen MR) is 97.2 cm³/mol. The summed E-state index contributed by atoms with van der Waals surface area (Å²) in [6, 6.07) is 1.90. The van der Waals surface area contributed by atoms with Gasteiger partial charge in [0.15, 0.2) is 11.5 Å². The van der Waals surface area contributed by atoms with E-state index in [0.717, 1.165) is 32.6 Å². The molecule has 9 nitrogen and oxygen atoms in total. The van der Waals surface area contributed by atoms with E-state index in [-0.39, 0.29) is 17.8 Å². The third kappa shape index (κ3) is 2.46. The molecule has 5 aromatic rings. The number of aromatic amines is 2. The number of aromatic nitrogens is 8. The van der Waals surface area contributed by atoms with Crippen LogP contribution in [-0.4, -0.2) is 39.7 Å². The van der Waals surface area contributed by atoms with Gasteiger partial charge in [-0.2, -0.15) is 15.3 Å². The van der Waals surface area contributed by atoms with Crippen LogP contribution in [0.15, 0.2) is 29.5 Å². The molecule has 0 aliphatic carbocycles. The normalized spacial score (nSPS) is 11.8. The fourth-order valence-electron chi connectivity index (χ4n) is 3.13. The Bertz CT molecular complexity index is 1330. The molecule has 11 heteroatoms. The monoisotopic (exact) mass is 384 g/mol. The highest BCUT2D eigenvalue weighted by molar-refractivity contribution is 7.19. The van der Waals surface area contributed by atoms with Crippen LogP contribution in [0.1, 0.15) is 16.4 Å². The Balaban J connectivity index is 1.61. The molecule has 0 aromatic carbocycles. The van der Waals surface area contributed by atoms with E-state index in [4.69, 9.17) is 0 Å². The fraction of sp³-hybridized carbons (Fsp3) is 0.188. The lowest BCUT2D eigenvalue weighted by atomic mass is 10.3. The van der Waals surface area contributed by atoms with E-state index in [1.54, 1.807) is 24.0 Å². The van der Waals surface area contributed by atoms with Crippen molar-refractivity contribution in [1.29, 1.82) is 0 Å². The van der Waals surface area contributed by atoms with Crippen LogP contribution >= 0.6 is 11.3 Å². The van der Waals surface area contributed by atoms with Crippen molar-refractivity contribution in [2.75, 3.05) is 0 Å². The summed E-state index contributed by atoms with van der Waals surface area (Å²) in [4.78, 5) is 17.5. The number of hydrogen-bond acceptors (Lipinski definition) is 6. The molecule has 0 amide bonds. The van der Waals surface area contributed by atoms with E-state index in [1.165, 1.54) is 16.0 Å². The van der Waals surface area contributed by atoms with Crippen LogP contribution in [-0.2, 0) is 20.0 Å². The average molecular weight is 384 g/mol. The highest BCUT2D eigenvalue weighted by Gasteiger charge is 2.19. The third-order valence-electron chi connectivity index (χ3n) is 4.44. The van der Waals surface area contributed by atoms with Gasteiger partial charge in [-0.05, 0) is 6.07 Å². The highest BCUT2D eigenvalue weighted by Crippen LogP contribution is 2.31. The summed E-state index contributed by atoms with van der Waals surface area (Å²) in [7, 11) is 1.80. The van der Waals surface area contributed by atoms with Gasteiger partial charge in [0.25, 0.3) is 5.56 Å². The van der Waals surface area contributed by atoms with Gasteiger partial charge in [-0.15, -0.1) is 11.3 Å². The van der Waals surface area contributed by atoms with Gasteiger partial charge in [0, 0.05) is 30.7 Å². The number of hydrogen-bond donors (Lipinski definition) is 2. The van der Waals surface area contributed by atoms with Crippen molar-refractivity contribution in [3.8, 4) is 0 Å². The number of nitrogens with one attached hydrogen (secondary N) is 2. The van der Waals surface area contributed by atoms with E-state index in [2.05, 4.69) is 30.5 Å². The van der Waals surface area contributed by atoms with Crippen molar-refractivity contribution < 1.29 is 4.39 Å². The van der Waals surface area contributed by atoms with Gasteiger partial charge in [0.05, 0.1) is 29.3 Å². The van der Waals surface area contributed by atoms with E-state index >= 15 is 0 Å². The van der Waals surface area contributed by atoms with Crippen LogP contribution in [0.5, 0.6) is 0 Å². The third-order valence-corrected chi connectivity index (χ3v) is 5.52. The molecular weight excluding hydrogens is 371 g/mol. The van der Waals surface area contributed by atoms with Crippen molar-refractivity contribution in [3.63, 3.8) is 0 Å². The Labute approximate surface area is 154 Å². The molecule has 136 valence electrons. The standard InChI is InChI=1S/C16H13FN8OS/c1-24-13-9(5-20-25(16(13)26)7-11-10(17)6-19-23-11)14-15(24)21-12(27-14)4-8-2-3-18-22-8/h2-3,5-6H,4,7H2,1H3,(H,18,22)(H,19,23). The second kappa shape index (κ2) is 5.84. The van der Waals surface area contributed by atoms with Gasteiger partial charge in [0.1, 0.15) is 10.5 Å². The van der Waals surface area contributed by atoms with Gasteiger partial charge in [0.2, 0.25) is 0 Å². The van der Waals surface area contributed by atoms with Crippen molar-refractivity contribution in [1.82, 2.24) is 39.7 Å². The molecule has 0 bridgehead atoms. The minimum Gasteiger partial charge on any atom is -0.323 e. The molecular formula is C16H13FN8OS. The van der Waals surface area contributed by atoms with E-state index in [1.807, 2.05) is 6.07 Å². The Morgan fingerprint density at radius 2 is 2.15 bits per heavy atom. The number of H-pyrrole nitrogens is 2. The lowest BCUT2D eigenvalue weighted by molar-refractivity contribution is 0.570. The lowest BCUT2D eigenvalue weighted by Crippen LogP contribution is -2.25. The SMILES string of the molecule is Cn1c2nc(Cc3ccn[nH]3)sc2c2cnn(Cc3[nH]ncc3F)c(=O)c21. The molecule has 0 radical (unpaired) electrons. The second-order valence-corrected chi connectivity index (χ2v) is 7.23.